The third-order valence-corrected chi connectivity index (χ3v) is 6.13. The van der Waals surface area contributed by atoms with E-state index in [1.165, 1.54) is 16.2 Å². The molecule has 0 spiro atoms. The van der Waals surface area contributed by atoms with Crippen LogP contribution in [0.5, 0.6) is 0 Å². The van der Waals surface area contributed by atoms with E-state index in [-0.39, 0.29) is 17.5 Å². The Hall–Kier alpha value is -2.15. The Morgan fingerprint density at radius 3 is 2.78 bits per heavy atom. The number of thiophene rings is 1. The van der Waals surface area contributed by atoms with E-state index in [1.54, 1.807) is 41.8 Å². The fraction of sp³-hybridized carbons (Fsp3) is 0.300. The first kappa shape index (κ1) is 18.2. The van der Waals surface area contributed by atoms with E-state index >= 15 is 0 Å². The van der Waals surface area contributed by atoms with Crippen LogP contribution in [0, 0.1) is 0 Å². The number of ether oxygens (including phenoxy) is 1. The number of hydrogen-bond donors (Lipinski definition) is 1. The van der Waals surface area contributed by atoms with Crippen molar-refractivity contribution in [2.45, 2.75) is 25.0 Å². The van der Waals surface area contributed by atoms with Crippen molar-refractivity contribution < 1.29 is 19.4 Å². The zero-order chi connectivity index (χ0) is 19.0. The molecule has 140 valence electrons. The van der Waals surface area contributed by atoms with Crippen molar-refractivity contribution in [3.05, 3.63) is 68.6 Å². The normalized spacial score (nSPS) is 22.7. The summed E-state index contributed by atoms with van der Waals surface area (Å²) in [6.07, 6.45) is 1.67. The van der Waals surface area contributed by atoms with Crippen LogP contribution in [-0.4, -0.2) is 41.0 Å². The molecule has 0 saturated carbocycles. The minimum Gasteiger partial charge on any atom is -0.503 e. The Morgan fingerprint density at radius 2 is 2.11 bits per heavy atom. The van der Waals surface area contributed by atoms with Gasteiger partial charge in [0.2, 0.25) is 5.78 Å². The number of aliphatic hydroxyl groups is 1. The highest BCUT2D eigenvalue weighted by molar-refractivity contribution is 7.12. The number of rotatable bonds is 5. The van der Waals surface area contributed by atoms with E-state index in [0.717, 1.165) is 12.8 Å². The van der Waals surface area contributed by atoms with Crippen LogP contribution in [0.3, 0.4) is 0 Å². The highest BCUT2D eigenvalue weighted by Gasteiger charge is 2.45. The van der Waals surface area contributed by atoms with Gasteiger partial charge in [0, 0.05) is 18.2 Å². The summed E-state index contributed by atoms with van der Waals surface area (Å²) in [7, 11) is 0. The molecule has 1 amide bonds. The summed E-state index contributed by atoms with van der Waals surface area (Å²) in [6, 6.07) is 9.81. The van der Waals surface area contributed by atoms with Gasteiger partial charge < -0.3 is 14.7 Å². The standard InChI is InChI=1S/C20H18ClNO4S/c21-14-7-2-1-6-13(14)17-16(18(23)15-8-4-10-27-15)19(24)20(25)22(17)11-12-5-3-9-26-12/h1-2,4,6-8,10,12,17,24H,3,5,9,11H2/t12-,17+/m0/s1. The van der Waals surface area contributed by atoms with Crippen LogP contribution in [0.25, 0.3) is 0 Å². The van der Waals surface area contributed by atoms with Gasteiger partial charge in [-0.1, -0.05) is 35.9 Å². The maximum atomic E-state index is 13.1. The molecule has 1 aromatic carbocycles. The van der Waals surface area contributed by atoms with Crippen molar-refractivity contribution in [2.24, 2.45) is 0 Å². The Labute approximate surface area is 165 Å². The number of halogens is 1. The van der Waals surface area contributed by atoms with Gasteiger partial charge in [0.25, 0.3) is 5.91 Å². The second kappa shape index (κ2) is 7.46. The number of benzene rings is 1. The number of amides is 1. The highest BCUT2D eigenvalue weighted by Crippen LogP contribution is 2.42. The summed E-state index contributed by atoms with van der Waals surface area (Å²) >= 11 is 7.67. The van der Waals surface area contributed by atoms with Gasteiger partial charge in [0.15, 0.2) is 5.76 Å². The lowest BCUT2D eigenvalue weighted by molar-refractivity contribution is -0.131. The first-order chi connectivity index (χ1) is 13.1. The zero-order valence-electron chi connectivity index (χ0n) is 14.4. The van der Waals surface area contributed by atoms with Crippen LogP contribution in [0.1, 0.15) is 34.1 Å². The molecule has 3 heterocycles. The number of hydrogen-bond acceptors (Lipinski definition) is 5. The number of aliphatic hydroxyl groups excluding tert-OH is 1. The van der Waals surface area contributed by atoms with E-state index in [4.69, 9.17) is 16.3 Å². The predicted octanol–water partition coefficient (Wildman–Crippen LogP) is 4.16. The molecule has 1 fully saturated rings. The van der Waals surface area contributed by atoms with Gasteiger partial charge >= 0.3 is 0 Å². The molecule has 7 heteroatoms. The number of ketones is 1. The van der Waals surface area contributed by atoms with Crippen LogP contribution in [0.4, 0.5) is 0 Å². The average molecular weight is 404 g/mol. The van der Waals surface area contributed by atoms with Gasteiger partial charge in [-0.3, -0.25) is 9.59 Å². The minimum atomic E-state index is -0.731. The number of carbonyl (C=O) groups is 2. The molecular formula is C20H18ClNO4S. The molecule has 2 aliphatic rings. The molecular weight excluding hydrogens is 386 g/mol. The summed E-state index contributed by atoms with van der Waals surface area (Å²) in [6.45, 7) is 0.962. The fourth-order valence-corrected chi connectivity index (χ4v) is 4.56. The summed E-state index contributed by atoms with van der Waals surface area (Å²) in [5.41, 5.74) is 0.697. The fourth-order valence-electron chi connectivity index (χ4n) is 3.64. The van der Waals surface area contributed by atoms with Gasteiger partial charge in [-0.15, -0.1) is 11.3 Å². The van der Waals surface area contributed by atoms with Crippen LogP contribution < -0.4 is 0 Å². The third kappa shape index (κ3) is 3.29. The highest BCUT2D eigenvalue weighted by atomic mass is 35.5. The summed E-state index contributed by atoms with van der Waals surface area (Å²) in [5.74, 6) is -1.41. The summed E-state index contributed by atoms with van der Waals surface area (Å²) in [5, 5.41) is 12.8. The molecule has 5 nitrogen and oxygen atoms in total. The molecule has 2 aliphatic heterocycles. The lowest BCUT2D eigenvalue weighted by atomic mass is 9.95. The Kier molecular flexibility index (Phi) is 5.04. The van der Waals surface area contributed by atoms with E-state index in [9.17, 15) is 14.7 Å². The third-order valence-electron chi connectivity index (χ3n) is 4.92. The Morgan fingerprint density at radius 1 is 1.30 bits per heavy atom. The van der Waals surface area contributed by atoms with Crippen molar-refractivity contribution in [2.75, 3.05) is 13.2 Å². The quantitative estimate of drug-likeness (QED) is 0.761. The van der Waals surface area contributed by atoms with Crippen molar-refractivity contribution in [3.63, 3.8) is 0 Å². The molecule has 1 aromatic heterocycles. The maximum Gasteiger partial charge on any atom is 0.290 e. The number of carbonyl (C=O) groups excluding carboxylic acids is 2. The van der Waals surface area contributed by atoms with Gasteiger partial charge in [-0.05, 0) is 35.9 Å². The topological polar surface area (TPSA) is 66.8 Å². The summed E-state index contributed by atoms with van der Waals surface area (Å²) in [4.78, 5) is 27.9. The van der Waals surface area contributed by atoms with Crippen LogP contribution in [-0.2, 0) is 9.53 Å². The second-order valence-electron chi connectivity index (χ2n) is 6.59. The van der Waals surface area contributed by atoms with E-state index in [2.05, 4.69) is 0 Å². The van der Waals surface area contributed by atoms with Crippen LogP contribution in [0.15, 0.2) is 53.1 Å². The molecule has 0 bridgehead atoms. The van der Waals surface area contributed by atoms with E-state index in [0.29, 0.717) is 28.6 Å². The average Bonchev–Trinajstić information content (AvgIpc) is 3.40. The van der Waals surface area contributed by atoms with Crippen LogP contribution in [0.2, 0.25) is 5.02 Å². The number of Topliss-reactive ketones (excluding diaryl/α,β-unsaturated/α-hetero) is 1. The summed E-state index contributed by atoms with van der Waals surface area (Å²) < 4.78 is 5.67. The predicted molar refractivity (Wildman–Crippen MR) is 103 cm³/mol. The van der Waals surface area contributed by atoms with E-state index in [1.807, 2.05) is 0 Å². The largest absolute Gasteiger partial charge is 0.503 e. The molecule has 2 atom stereocenters. The first-order valence-electron chi connectivity index (χ1n) is 8.76. The molecule has 0 unspecified atom stereocenters. The Balaban J connectivity index is 1.78. The minimum absolute atomic E-state index is 0.0774. The Bertz CT molecular complexity index is 902. The molecule has 27 heavy (non-hydrogen) atoms. The van der Waals surface area contributed by atoms with Gasteiger partial charge in [-0.2, -0.15) is 0 Å². The van der Waals surface area contributed by atoms with Gasteiger partial charge in [0.1, 0.15) is 0 Å². The van der Waals surface area contributed by atoms with Gasteiger partial charge in [-0.25, -0.2) is 0 Å². The second-order valence-corrected chi connectivity index (χ2v) is 7.94. The SMILES string of the molecule is O=C(C1=C(O)C(=O)N(C[C@@H]2CCCO2)[C@@H]1c1ccccc1Cl)c1cccs1. The molecule has 1 saturated heterocycles. The molecule has 0 aliphatic carbocycles. The monoisotopic (exact) mass is 403 g/mol. The smallest absolute Gasteiger partial charge is 0.290 e. The van der Waals surface area contributed by atoms with Crippen molar-refractivity contribution in [1.82, 2.24) is 4.90 Å². The van der Waals surface area contributed by atoms with Crippen molar-refractivity contribution >= 4 is 34.6 Å². The number of nitrogens with zero attached hydrogens (tertiary/aromatic N) is 1. The maximum absolute atomic E-state index is 13.1. The molecule has 2 aromatic rings. The lowest BCUT2D eigenvalue weighted by Crippen LogP contribution is -2.37. The zero-order valence-corrected chi connectivity index (χ0v) is 16.0. The van der Waals surface area contributed by atoms with Gasteiger partial charge in [0.05, 0.1) is 22.6 Å². The van der Waals surface area contributed by atoms with E-state index < -0.39 is 17.7 Å². The first-order valence-corrected chi connectivity index (χ1v) is 10.0. The van der Waals surface area contributed by atoms with Crippen LogP contribution >= 0.6 is 22.9 Å². The van der Waals surface area contributed by atoms with Crippen molar-refractivity contribution in [3.8, 4) is 0 Å². The lowest BCUT2D eigenvalue weighted by Gasteiger charge is -2.29. The molecule has 4 rings (SSSR count). The molecule has 0 radical (unpaired) electrons. The molecule has 1 N–H and O–H groups in total. The van der Waals surface area contributed by atoms with Crippen molar-refractivity contribution in [1.29, 1.82) is 0 Å².